The van der Waals surface area contributed by atoms with E-state index >= 15 is 0 Å². The molecule has 0 aromatic carbocycles. The number of hydrogen-bond donors (Lipinski definition) is 2. The van der Waals surface area contributed by atoms with Crippen LogP contribution < -0.4 is 5.32 Å². The average molecular weight is 152 g/mol. The van der Waals surface area contributed by atoms with E-state index < -0.39 is 5.72 Å². The van der Waals surface area contributed by atoms with Gasteiger partial charge in [0, 0.05) is 12.1 Å². The summed E-state index contributed by atoms with van der Waals surface area (Å²) < 4.78 is 0. The van der Waals surface area contributed by atoms with Crippen molar-refractivity contribution in [2.24, 2.45) is 10.9 Å². The monoisotopic (exact) mass is 152 g/mol. The van der Waals surface area contributed by atoms with Crippen LogP contribution in [-0.4, -0.2) is 16.7 Å². The summed E-state index contributed by atoms with van der Waals surface area (Å²) in [4.78, 5) is 4.15. The summed E-state index contributed by atoms with van der Waals surface area (Å²) in [6.07, 6.45) is 5.82. The fourth-order valence-corrected chi connectivity index (χ4v) is 1.16. The number of rotatable bonds is 1. The Hall–Kier alpha value is -0.830. The van der Waals surface area contributed by atoms with Gasteiger partial charge in [-0.15, -0.1) is 0 Å². The highest BCUT2D eigenvalue weighted by atomic mass is 16.3. The van der Waals surface area contributed by atoms with Crippen LogP contribution in [-0.2, 0) is 0 Å². The highest BCUT2D eigenvalue weighted by molar-refractivity contribution is 5.88. The van der Waals surface area contributed by atoms with Crippen LogP contribution in [0.1, 0.15) is 19.8 Å². The summed E-state index contributed by atoms with van der Waals surface area (Å²) in [7, 11) is 0. The fraction of sp³-hybridized carbons (Fsp3) is 0.625. The van der Waals surface area contributed by atoms with Gasteiger partial charge in [-0.3, -0.25) is 0 Å². The first-order chi connectivity index (χ1) is 5.17. The van der Waals surface area contributed by atoms with Gasteiger partial charge in [-0.1, -0.05) is 0 Å². The SMILES string of the molecule is CC1(O)C=CNC(C2CC2)=N1. The van der Waals surface area contributed by atoms with Gasteiger partial charge >= 0.3 is 0 Å². The molecule has 1 fully saturated rings. The summed E-state index contributed by atoms with van der Waals surface area (Å²) in [5, 5.41) is 12.6. The Morgan fingerprint density at radius 3 is 3.00 bits per heavy atom. The zero-order valence-corrected chi connectivity index (χ0v) is 6.54. The minimum atomic E-state index is -0.983. The van der Waals surface area contributed by atoms with Crippen LogP contribution in [0.25, 0.3) is 0 Å². The molecule has 2 rings (SSSR count). The minimum absolute atomic E-state index is 0.575. The maximum Gasteiger partial charge on any atom is 0.176 e. The van der Waals surface area contributed by atoms with Crippen LogP contribution in [0.2, 0.25) is 0 Å². The lowest BCUT2D eigenvalue weighted by molar-refractivity contribution is 0.119. The third-order valence-corrected chi connectivity index (χ3v) is 1.94. The summed E-state index contributed by atoms with van der Waals surface area (Å²) in [6, 6.07) is 0. The van der Waals surface area contributed by atoms with Gasteiger partial charge in [-0.2, -0.15) is 0 Å². The highest BCUT2D eigenvalue weighted by Gasteiger charge is 2.31. The molecule has 0 aromatic rings. The second-order valence-electron chi connectivity index (χ2n) is 3.34. The van der Waals surface area contributed by atoms with E-state index in [0.717, 1.165) is 5.84 Å². The molecule has 0 aromatic heterocycles. The molecule has 0 spiro atoms. The van der Waals surface area contributed by atoms with Crippen molar-refractivity contribution in [1.29, 1.82) is 0 Å². The predicted molar refractivity (Wildman–Crippen MR) is 43.1 cm³/mol. The maximum absolute atomic E-state index is 9.51. The van der Waals surface area contributed by atoms with Crippen LogP contribution in [0.15, 0.2) is 17.3 Å². The van der Waals surface area contributed by atoms with Crippen molar-refractivity contribution in [3.63, 3.8) is 0 Å². The Bertz CT molecular complexity index is 226. The van der Waals surface area contributed by atoms with Gasteiger partial charge in [0.15, 0.2) is 5.72 Å². The van der Waals surface area contributed by atoms with E-state index in [-0.39, 0.29) is 0 Å². The van der Waals surface area contributed by atoms with Crippen LogP contribution in [0.5, 0.6) is 0 Å². The zero-order valence-electron chi connectivity index (χ0n) is 6.54. The second-order valence-corrected chi connectivity index (χ2v) is 3.34. The smallest absolute Gasteiger partial charge is 0.176 e. The number of amidine groups is 1. The van der Waals surface area contributed by atoms with E-state index in [2.05, 4.69) is 10.3 Å². The van der Waals surface area contributed by atoms with Gasteiger partial charge < -0.3 is 10.4 Å². The second kappa shape index (κ2) is 2.08. The molecule has 1 unspecified atom stereocenters. The predicted octanol–water partition coefficient (Wildman–Crippen LogP) is 0.620. The van der Waals surface area contributed by atoms with Crippen molar-refractivity contribution in [3.05, 3.63) is 12.3 Å². The van der Waals surface area contributed by atoms with Gasteiger partial charge in [0.05, 0.1) is 0 Å². The molecule has 0 radical (unpaired) electrons. The first-order valence-corrected chi connectivity index (χ1v) is 3.94. The summed E-state index contributed by atoms with van der Waals surface area (Å²) in [5.74, 6) is 1.52. The normalized spacial score (nSPS) is 36.4. The van der Waals surface area contributed by atoms with Crippen LogP contribution in [0, 0.1) is 5.92 Å². The number of hydrogen-bond acceptors (Lipinski definition) is 3. The zero-order chi connectivity index (χ0) is 7.90. The molecule has 0 saturated heterocycles. The summed E-state index contributed by atoms with van der Waals surface area (Å²) in [5.41, 5.74) is -0.983. The molecule has 3 nitrogen and oxygen atoms in total. The molecular formula is C8H12N2O. The third-order valence-electron chi connectivity index (χ3n) is 1.94. The molecule has 1 aliphatic heterocycles. The number of aliphatic imine (C=N–C) groups is 1. The Labute approximate surface area is 65.8 Å². The van der Waals surface area contributed by atoms with Gasteiger partial charge in [-0.05, 0) is 25.8 Å². The lowest BCUT2D eigenvalue weighted by Crippen LogP contribution is -2.32. The van der Waals surface area contributed by atoms with Gasteiger partial charge in [-0.25, -0.2) is 4.99 Å². The Balaban J connectivity index is 2.16. The molecule has 0 bridgehead atoms. The van der Waals surface area contributed by atoms with Crippen molar-refractivity contribution in [1.82, 2.24) is 5.32 Å². The van der Waals surface area contributed by atoms with Gasteiger partial charge in [0.25, 0.3) is 0 Å². The van der Waals surface area contributed by atoms with Crippen molar-refractivity contribution >= 4 is 5.84 Å². The molecule has 2 N–H and O–H groups in total. The molecule has 1 heterocycles. The largest absolute Gasteiger partial charge is 0.366 e. The topological polar surface area (TPSA) is 44.6 Å². The number of aliphatic hydroxyl groups is 1. The molecule has 11 heavy (non-hydrogen) atoms. The third kappa shape index (κ3) is 1.43. The molecule has 0 amide bonds. The van der Waals surface area contributed by atoms with E-state index in [0.29, 0.717) is 5.92 Å². The molecule has 1 aliphatic carbocycles. The summed E-state index contributed by atoms with van der Waals surface area (Å²) >= 11 is 0. The fourth-order valence-electron chi connectivity index (χ4n) is 1.16. The van der Waals surface area contributed by atoms with Crippen molar-refractivity contribution < 1.29 is 5.11 Å². The number of nitrogens with zero attached hydrogens (tertiary/aromatic N) is 1. The van der Waals surface area contributed by atoms with Crippen LogP contribution >= 0.6 is 0 Å². The lowest BCUT2D eigenvalue weighted by Gasteiger charge is -2.20. The van der Waals surface area contributed by atoms with E-state index in [1.807, 2.05) is 0 Å². The minimum Gasteiger partial charge on any atom is -0.366 e. The average Bonchev–Trinajstić information content (AvgIpc) is 2.65. The first-order valence-electron chi connectivity index (χ1n) is 3.94. The van der Waals surface area contributed by atoms with Gasteiger partial charge in [0.2, 0.25) is 0 Å². The first kappa shape index (κ1) is 6.85. The van der Waals surface area contributed by atoms with Crippen LogP contribution in [0.4, 0.5) is 0 Å². The molecular weight excluding hydrogens is 140 g/mol. The lowest BCUT2D eigenvalue weighted by atomic mass is 10.2. The molecule has 1 atom stereocenters. The van der Waals surface area contributed by atoms with E-state index in [4.69, 9.17) is 0 Å². The van der Waals surface area contributed by atoms with Crippen molar-refractivity contribution in [3.8, 4) is 0 Å². The van der Waals surface area contributed by atoms with Crippen molar-refractivity contribution in [2.75, 3.05) is 0 Å². The molecule has 3 heteroatoms. The van der Waals surface area contributed by atoms with Gasteiger partial charge in [0.1, 0.15) is 5.84 Å². The molecule has 2 aliphatic rings. The summed E-state index contributed by atoms with van der Waals surface area (Å²) in [6.45, 7) is 1.69. The molecule has 60 valence electrons. The van der Waals surface area contributed by atoms with E-state index in [1.54, 1.807) is 19.2 Å². The standard InChI is InChI=1S/C8H12N2O/c1-8(11)4-5-9-7(10-8)6-2-3-6/h4-6,11H,2-3H2,1H3,(H,9,10). The quantitative estimate of drug-likeness (QED) is 0.578. The maximum atomic E-state index is 9.51. The Morgan fingerprint density at radius 1 is 1.73 bits per heavy atom. The van der Waals surface area contributed by atoms with Crippen molar-refractivity contribution in [2.45, 2.75) is 25.5 Å². The highest BCUT2D eigenvalue weighted by Crippen LogP contribution is 2.31. The number of nitrogens with one attached hydrogen (secondary N) is 1. The Kier molecular flexibility index (Phi) is 1.29. The van der Waals surface area contributed by atoms with Crippen LogP contribution in [0.3, 0.4) is 0 Å². The van der Waals surface area contributed by atoms with E-state index in [1.165, 1.54) is 12.8 Å². The Morgan fingerprint density at radius 2 is 2.45 bits per heavy atom. The molecule has 1 saturated carbocycles. The van der Waals surface area contributed by atoms with E-state index in [9.17, 15) is 5.11 Å².